The van der Waals surface area contributed by atoms with Gasteiger partial charge in [-0.2, -0.15) is 41.1 Å². The van der Waals surface area contributed by atoms with Crippen LogP contribution >= 0.6 is 11.6 Å². The zero-order valence-electron chi connectivity index (χ0n) is 12.9. The molecule has 1 aliphatic heterocycles. The highest BCUT2D eigenvalue weighted by atomic mass is 35.5. The summed E-state index contributed by atoms with van der Waals surface area (Å²) in [5, 5.41) is 11.6. The predicted molar refractivity (Wildman–Crippen MR) is 77.0 cm³/mol. The number of ketones is 1. The van der Waals surface area contributed by atoms with Crippen molar-refractivity contribution < 1.29 is 40.3 Å². The number of halogens is 8. The summed E-state index contributed by atoms with van der Waals surface area (Å²) in [6.45, 7) is 0. The van der Waals surface area contributed by atoms with E-state index in [9.17, 15) is 35.5 Å². The van der Waals surface area contributed by atoms with Gasteiger partial charge in [0.05, 0.1) is 21.8 Å². The number of hydrogen-bond donors (Lipinski definition) is 1. The minimum atomic E-state index is -5.42. The second kappa shape index (κ2) is 5.82. The number of alkyl halides is 7. The van der Waals surface area contributed by atoms with Gasteiger partial charge in [-0.1, -0.05) is 11.6 Å². The number of rotatable bonds is 2. The number of Topliss-reactive ketones (excluding diaryl/α,β-unsaturated/α-hetero) is 1. The normalized spacial score (nSPS) is 17.2. The molecule has 1 aromatic carbocycles. The lowest BCUT2D eigenvalue weighted by Crippen LogP contribution is -2.24. The van der Waals surface area contributed by atoms with Gasteiger partial charge in [-0.3, -0.25) is 4.79 Å². The number of ether oxygens (including phenoxy) is 1. The smallest absolute Gasteiger partial charge is 0.383 e. The molecule has 0 unspecified atom stereocenters. The van der Waals surface area contributed by atoms with Gasteiger partial charge in [0.2, 0.25) is 0 Å². The zero-order chi connectivity index (χ0) is 21.2. The first kappa shape index (κ1) is 19.9. The van der Waals surface area contributed by atoms with Crippen LogP contribution in [0.3, 0.4) is 0 Å². The van der Waals surface area contributed by atoms with E-state index in [1.165, 1.54) is 6.07 Å². The van der Waals surface area contributed by atoms with Crippen molar-refractivity contribution in [1.82, 2.24) is 9.78 Å². The number of nitrogens with zero attached hydrogens (tertiary/aromatic N) is 3. The summed E-state index contributed by atoms with van der Waals surface area (Å²) in [5.74, 6) is -3.56. The third-order valence-corrected chi connectivity index (χ3v) is 4.01. The molecular formula is C14H4ClF7N4O2. The Morgan fingerprint density at radius 2 is 1.75 bits per heavy atom. The van der Waals surface area contributed by atoms with E-state index in [1.807, 2.05) is 0 Å². The van der Waals surface area contributed by atoms with E-state index >= 15 is 0 Å². The SMILES string of the molecule is N#Cc1nn(-c2cc3c(cc2Cl)C(F)(F)OC3(F)F)c(N)c1C(=O)C(F)(F)F. The van der Waals surface area contributed by atoms with Crippen LogP contribution in [0.2, 0.25) is 5.02 Å². The third-order valence-electron chi connectivity index (χ3n) is 3.71. The van der Waals surface area contributed by atoms with Gasteiger partial charge >= 0.3 is 18.4 Å². The Labute approximate surface area is 154 Å². The number of nitrogens with two attached hydrogens (primary N) is 1. The molecule has 1 aromatic heterocycles. The molecule has 1 aliphatic rings. The van der Waals surface area contributed by atoms with Crippen molar-refractivity contribution in [3.05, 3.63) is 39.5 Å². The number of anilines is 1. The van der Waals surface area contributed by atoms with Crippen molar-refractivity contribution in [3.63, 3.8) is 0 Å². The minimum absolute atomic E-state index is 0.298. The number of fused-ring (bicyclic) bond motifs is 1. The minimum Gasteiger partial charge on any atom is -0.383 e. The Morgan fingerprint density at radius 1 is 1.21 bits per heavy atom. The van der Waals surface area contributed by atoms with Crippen LogP contribution in [0.15, 0.2) is 12.1 Å². The van der Waals surface area contributed by atoms with Crippen LogP contribution in [0.25, 0.3) is 5.69 Å². The molecule has 0 fully saturated rings. The molecule has 2 N–H and O–H groups in total. The van der Waals surface area contributed by atoms with Gasteiger partial charge in [-0.25, -0.2) is 9.42 Å². The fourth-order valence-corrected chi connectivity index (χ4v) is 2.78. The maximum absolute atomic E-state index is 13.7. The molecule has 148 valence electrons. The van der Waals surface area contributed by atoms with Gasteiger partial charge in [0.1, 0.15) is 17.5 Å². The van der Waals surface area contributed by atoms with Crippen LogP contribution in [-0.2, 0) is 17.0 Å². The summed E-state index contributed by atoms with van der Waals surface area (Å²) in [6.07, 6.45) is -14.3. The summed E-state index contributed by atoms with van der Waals surface area (Å²) in [4.78, 5) is 11.5. The second-order valence-corrected chi connectivity index (χ2v) is 5.85. The van der Waals surface area contributed by atoms with Crippen molar-refractivity contribution in [2.75, 3.05) is 5.73 Å². The maximum Gasteiger partial charge on any atom is 0.455 e. The standard InChI is InChI=1S/C14H4ClF7N4O2/c15-6-1-4-5(14(21,22)28-13(4,19)20)2-8(6)26-11(24)9(7(3-23)25-26)10(27)12(16,17)18/h1-2H,24H2. The Morgan fingerprint density at radius 3 is 2.25 bits per heavy atom. The number of benzene rings is 1. The number of carbonyl (C=O) groups is 1. The molecule has 0 atom stereocenters. The van der Waals surface area contributed by atoms with Crippen LogP contribution in [0.4, 0.5) is 36.6 Å². The van der Waals surface area contributed by atoms with E-state index in [0.29, 0.717) is 16.8 Å². The van der Waals surface area contributed by atoms with E-state index in [-0.39, 0.29) is 0 Å². The first-order chi connectivity index (χ1) is 12.7. The van der Waals surface area contributed by atoms with Gasteiger partial charge in [0, 0.05) is 0 Å². The highest BCUT2D eigenvalue weighted by Gasteiger charge is 2.57. The van der Waals surface area contributed by atoms with Crippen molar-refractivity contribution in [1.29, 1.82) is 5.26 Å². The molecule has 0 amide bonds. The number of nitriles is 1. The van der Waals surface area contributed by atoms with Crippen LogP contribution in [-0.4, -0.2) is 21.7 Å². The molecule has 28 heavy (non-hydrogen) atoms. The topological polar surface area (TPSA) is 93.9 Å². The summed E-state index contributed by atoms with van der Waals surface area (Å²) >= 11 is 5.77. The Balaban J connectivity index is 2.26. The number of aromatic nitrogens is 2. The van der Waals surface area contributed by atoms with Gasteiger partial charge in [0.25, 0.3) is 5.78 Å². The predicted octanol–water partition coefficient (Wildman–Crippen LogP) is 3.85. The highest BCUT2D eigenvalue weighted by Crippen LogP contribution is 2.52. The van der Waals surface area contributed by atoms with E-state index in [4.69, 9.17) is 22.6 Å². The number of carbonyl (C=O) groups excluding carboxylic acids is 1. The second-order valence-electron chi connectivity index (χ2n) is 5.44. The van der Waals surface area contributed by atoms with E-state index in [0.717, 1.165) is 0 Å². The zero-order valence-corrected chi connectivity index (χ0v) is 13.7. The van der Waals surface area contributed by atoms with Gasteiger partial charge < -0.3 is 5.73 Å². The molecule has 0 radical (unpaired) electrons. The largest absolute Gasteiger partial charge is 0.455 e. The van der Waals surface area contributed by atoms with Gasteiger partial charge in [-0.05, 0) is 12.1 Å². The quantitative estimate of drug-likeness (QED) is 0.579. The molecule has 0 aliphatic carbocycles. The van der Waals surface area contributed by atoms with E-state index in [1.54, 1.807) is 0 Å². The number of nitrogen functional groups attached to an aromatic ring is 1. The molecule has 0 saturated carbocycles. The van der Waals surface area contributed by atoms with Crippen LogP contribution in [0.5, 0.6) is 0 Å². The molecule has 0 saturated heterocycles. The fourth-order valence-electron chi connectivity index (χ4n) is 2.54. The van der Waals surface area contributed by atoms with Crippen molar-refractivity contribution in [2.45, 2.75) is 18.4 Å². The third kappa shape index (κ3) is 2.85. The maximum atomic E-state index is 13.7. The van der Waals surface area contributed by atoms with Crippen molar-refractivity contribution in [2.24, 2.45) is 0 Å². The van der Waals surface area contributed by atoms with Gasteiger partial charge in [0.15, 0.2) is 5.69 Å². The fraction of sp³-hybridized carbons (Fsp3) is 0.214. The van der Waals surface area contributed by atoms with Crippen LogP contribution < -0.4 is 5.73 Å². The molecule has 2 aromatic rings. The highest BCUT2D eigenvalue weighted by molar-refractivity contribution is 6.32. The summed E-state index contributed by atoms with van der Waals surface area (Å²) < 4.78 is 96.4. The monoisotopic (exact) mass is 428 g/mol. The lowest BCUT2D eigenvalue weighted by atomic mass is 10.1. The van der Waals surface area contributed by atoms with Gasteiger partial charge in [-0.15, -0.1) is 0 Å². The summed E-state index contributed by atoms with van der Waals surface area (Å²) in [6, 6.07) is 1.97. The average molecular weight is 429 g/mol. The van der Waals surface area contributed by atoms with E-state index in [2.05, 4.69) is 9.84 Å². The first-order valence-electron chi connectivity index (χ1n) is 6.91. The van der Waals surface area contributed by atoms with E-state index < -0.39 is 63.1 Å². The molecule has 14 heteroatoms. The molecule has 0 bridgehead atoms. The first-order valence-corrected chi connectivity index (χ1v) is 7.29. The summed E-state index contributed by atoms with van der Waals surface area (Å²) in [7, 11) is 0. The Bertz CT molecular complexity index is 1060. The van der Waals surface area contributed by atoms with Crippen LogP contribution in [0.1, 0.15) is 27.2 Å². The van der Waals surface area contributed by atoms with Crippen molar-refractivity contribution in [3.8, 4) is 11.8 Å². The molecule has 0 spiro atoms. The molecule has 6 nitrogen and oxygen atoms in total. The lowest BCUT2D eigenvalue weighted by molar-refractivity contribution is -0.369. The molecule has 3 rings (SSSR count). The van der Waals surface area contributed by atoms with Crippen molar-refractivity contribution >= 4 is 23.2 Å². The Hall–Kier alpha value is -2.85. The summed E-state index contributed by atoms with van der Waals surface area (Å²) in [5.41, 5.74) is -0.234. The Kier molecular flexibility index (Phi) is 4.14. The number of hydrogen-bond acceptors (Lipinski definition) is 5. The van der Waals surface area contributed by atoms with Crippen LogP contribution in [0, 0.1) is 11.3 Å². The average Bonchev–Trinajstić information content (AvgIpc) is 2.96. The molecule has 2 heterocycles. The lowest BCUT2D eigenvalue weighted by Gasteiger charge is -2.12. The molecular weight excluding hydrogens is 425 g/mol.